The Labute approximate surface area is 91.0 Å². The van der Waals surface area contributed by atoms with Crippen LogP contribution >= 0.6 is 23.8 Å². The minimum atomic E-state index is 0.433. The molecule has 0 saturated heterocycles. The van der Waals surface area contributed by atoms with Crippen LogP contribution in [0, 0.1) is 4.64 Å². The fourth-order valence-electron chi connectivity index (χ4n) is 0.594. The summed E-state index contributed by atoms with van der Waals surface area (Å²) in [7, 11) is 0. The predicted molar refractivity (Wildman–Crippen MR) is 56.5 cm³/mol. The molecule has 0 spiro atoms. The van der Waals surface area contributed by atoms with Gasteiger partial charge in [0.05, 0.1) is 0 Å². The quantitative estimate of drug-likeness (QED) is 0.701. The standard InChI is InChI=1S/C4H3ClN2.C4H4N2S/c5-4-2-1-3-6-7-4;7-4-2-1-3-5-6-4/h1-3H;1-3H,(H,6,7). The Kier molecular flexibility index (Phi) is 4.74. The van der Waals surface area contributed by atoms with E-state index in [1.807, 2.05) is 0 Å². The van der Waals surface area contributed by atoms with Crippen LogP contribution in [0.2, 0.25) is 5.15 Å². The van der Waals surface area contributed by atoms with E-state index in [1.165, 1.54) is 0 Å². The van der Waals surface area contributed by atoms with Crippen LogP contribution in [0.5, 0.6) is 0 Å². The van der Waals surface area contributed by atoms with Crippen molar-refractivity contribution in [2.45, 2.75) is 0 Å². The van der Waals surface area contributed by atoms with Gasteiger partial charge in [-0.25, -0.2) is 0 Å². The lowest BCUT2D eigenvalue weighted by Gasteiger charge is -1.78. The number of halogens is 1. The minimum Gasteiger partial charge on any atom is -0.268 e. The zero-order valence-electron chi connectivity index (χ0n) is 7.09. The van der Waals surface area contributed by atoms with Crippen molar-refractivity contribution in [2.24, 2.45) is 0 Å². The van der Waals surface area contributed by atoms with Crippen molar-refractivity contribution in [3.63, 3.8) is 0 Å². The van der Waals surface area contributed by atoms with E-state index in [4.69, 9.17) is 23.8 Å². The van der Waals surface area contributed by atoms with Gasteiger partial charge in [-0.05, 0) is 24.3 Å². The Hall–Kier alpha value is -1.33. The van der Waals surface area contributed by atoms with Crippen LogP contribution in [0.15, 0.2) is 36.7 Å². The Bertz CT molecular complexity index is 399. The lowest BCUT2D eigenvalue weighted by molar-refractivity contribution is 1.02. The van der Waals surface area contributed by atoms with Gasteiger partial charge in [0.15, 0.2) is 5.15 Å². The third-order valence-electron chi connectivity index (χ3n) is 1.12. The molecule has 0 aliphatic carbocycles. The van der Waals surface area contributed by atoms with E-state index < -0.39 is 0 Å². The molecule has 0 aliphatic heterocycles. The second-order valence-corrected chi connectivity index (χ2v) is 2.99. The Morgan fingerprint density at radius 1 is 1.21 bits per heavy atom. The zero-order chi connectivity index (χ0) is 10.2. The Morgan fingerprint density at radius 2 is 2.00 bits per heavy atom. The second kappa shape index (κ2) is 6.17. The number of H-pyrrole nitrogens is 1. The maximum absolute atomic E-state index is 5.37. The molecular formula is C8H7ClN4S. The van der Waals surface area contributed by atoms with Crippen molar-refractivity contribution in [3.8, 4) is 0 Å². The zero-order valence-corrected chi connectivity index (χ0v) is 8.66. The molecule has 2 aromatic heterocycles. The van der Waals surface area contributed by atoms with Crippen molar-refractivity contribution >= 4 is 23.8 Å². The van der Waals surface area contributed by atoms with Crippen molar-refractivity contribution in [2.75, 3.05) is 0 Å². The minimum absolute atomic E-state index is 0.433. The van der Waals surface area contributed by atoms with E-state index in [1.54, 1.807) is 36.7 Å². The second-order valence-electron chi connectivity index (χ2n) is 2.16. The molecule has 1 N–H and O–H groups in total. The molecule has 0 bridgehead atoms. The fourth-order valence-corrected chi connectivity index (χ4v) is 0.842. The number of nitrogens with one attached hydrogen (secondary N) is 1. The summed E-state index contributed by atoms with van der Waals surface area (Å²) in [5.74, 6) is 0. The first-order valence-electron chi connectivity index (χ1n) is 3.72. The highest BCUT2D eigenvalue weighted by Crippen LogP contribution is 1.96. The summed E-state index contributed by atoms with van der Waals surface area (Å²) in [4.78, 5) is 0. The smallest absolute Gasteiger partial charge is 0.151 e. The van der Waals surface area contributed by atoms with Crippen LogP contribution in [0.1, 0.15) is 0 Å². The van der Waals surface area contributed by atoms with Gasteiger partial charge in [-0.3, -0.25) is 5.10 Å². The summed E-state index contributed by atoms with van der Waals surface area (Å²) in [6.45, 7) is 0. The van der Waals surface area contributed by atoms with Gasteiger partial charge in [-0.2, -0.15) is 10.2 Å². The molecule has 0 fully saturated rings. The molecule has 2 aromatic rings. The van der Waals surface area contributed by atoms with E-state index in [0.29, 0.717) is 9.79 Å². The highest BCUT2D eigenvalue weighted by Gasteiger charge is 1.78. The van der Waals surface area contributed by atoms with Crippen LogP contribution in [0.3, 0.4) is 0 Å². The third-order valence-corrected chi connectivity index (χ3v) is 1.55. The lowest BCUT2D eigenvalue weighted by Crippen LogP contribution is -1.74. The molecule has 0 saturated carbocycles. The molecular weight excluding hydrogens is 220 g/mol. The first-order valence-corrected chi connectivity index (χ1v) is 4.50. The van der Waals surface area contributed by atoms with Gasteiger partial charge in [-0.15, -0.1) is 5.10 Å². The molecule has 0 radical (unpaired) electrons. The van der Waals surface area contributed by atoms with Crippen LogP contribution in [-0.2, 0) is 0 Å². The van der Waals surface area contributed by atoms with Crippen LogP contribution < -0.4 is 0 Å². The van der Waals surface area contributed by atoms with Crippen molar-refractivity contribution < 1.29 is 0 Å². The van der Waals surface area contributed by atoms with Gasteiger partial charge in [0.1, 0.15) is 4.64 Å². The van der Waals surface area contributed by atoms with Gasteiger partial charge in [0.2, 0.25) is 0 Å². The van der Waals surface area contributed by atoms with Gasteiger partial charge >= 0.3 is 0 Å². The topological polar surface area (TPSA) is 54.5 Å². The van der Waals surface area contributed by atoms with Gasteiger partial charge in [-0.1, -0.05) is 23.8 Å². The number of aromatic amines is 1. The van der Waals surface area contributed by atoms with Crippen molar-refractivity contribution in [1.29, 1.82) is 0 Å². The third kappa shape index (κ3) is 4.64. The molecule has 0 unspecified atom stereocenters. The molecule has 2 heterocycles. The number of hydrogen-bond donors (Lipinski definition) is 1. The molecule has 72 valence electrons. The highest BCUT2D eigenvalue weighted by atomic mass is 35.5. The van der Waals surface area contributed by atoms with E-state index in [9.17, 15) is 0 Å². The summed E-state index contributed by atoms with van der Waals surface area (Å²) < 4.78 is 0.669. The van der Waals surface area contributed by atoms with Gasteiger partial charge in [0.25, 0.3) is 0 Å². The Balaban J connectivity index is 0.000000140. The van der Waals surface area contributed by atoms with Crippen molar-refractivity contribution in [3.05, 3.63) is 46.5 Å². The van der Waals surface area contributed by atoms with E-state index in [-0.39, 0.29) is 0 Å². The van der Waals surface area contributed by atoms with Crippen LogP contribution in [0.25, 0.3) is 0 Å². The summed E-state index contributed by atoms with van der Waals surface area (Å²) in [6, 6.07) is 6.98. The normalized spacial score (nSPS) is 8.64. The van der Waals surface area contributed by atoms with Crippen LogP contribution in [-0.4, -0.2) is 20.4 Å². The molecule has 0 amide bonds. The Morgan fingerprint density at radius 3 is 2.29 bits per heavy atom. The number of nitrogens with zero attached hydrogens (tertiary/aromatic N) is 3. The van der Waals surface area contributed by atoms with E-state index in [2.05, 4.69) is 20.4 Å². The van der Waals surface area contributed by atoms with Crippen molar-refractivity contribution in [1.82, 2.24) is 20.4 Å². The predicted octanol–water partition coefficient (Wildman–Crippen LogP) is 2.27. The summed E-state index contributed by atoms with van der Waals surface area (Å²) >= 11 is 10.1. The number of aromatic nitrogens is 4. The van der Waals surface area contributed by atoms with Crippen LogP contribution in [0.4, 0.5) is 0 Å². The molecule has 0 atom stereocenters. The monoisotopic (exact) mass is 226 g/mol. The largest absolute Gasteiger partial charge is 0.268 e. The maximum Gasteiger partial charge on any atom is 0.151 e. The first-order chi connectivity index (χ1) is 6.79. The number of hydrogen-bond acceptors (Lipinski definition) is 4. The van der Waals surface area contributed by atoms with Gasteiger partial charge in [0, 0.05) is 12.4 Å². The average molecular weight is 227 g/mol. The molecule has 4 nitrogen and oxygen atoms in total. The summed E-state index contributed by atoms with van der Waals surface area (Å²) in [5, 5.41) is 13.7. The highest BCUT2D eigenvalue weighted by molar-refractivity contribution is 7.71. The van der Waals surface area contributed by atoms with Gasteiger partial charge < -0.3 is 0 Å². The average Bonchev–Trinajstić information content (AvgIpc) is 2.21. The molecule has 14 heavy (non-hydrogen) atoms. The summed E-state index contributed by atoms with van der Waals surface area (Å²) in [6.07, 6.45) is 3.22. The molecule has 0 aliphatic rings. The summed E-state index contributed by atoms with van der Waals surface area (Å²) in [5.41, 5.74) is 0. The molecule has 0 aromatic carbocycles. The van der Waals surface area contributed by atoms with E-state index >= 15 is 0 Å². The lowest BCUT2D eigenvalue weighted by atomic mass is 10.6. The fraction of sp³-hybridized carbons (Fsp3) is 0. The maximum atomic E-state index is 5.37. The SMILES string of the molecule is Clc1cccnn1.S=c1cccn[nH]1. The first kappa shape index (κ1) is 10.7. The number of rotatable bonds is 0. The molecule has 6 heteroatoms. The van der Waals surface area contributed by atoms with E-state index in [0.717, 1.165) is 0 Å². The molecule has 2 rings (SSSR count).